The zero-order valence-electron chi connectivity index (χ0n) is 16.8. The summed E-state index contributed by atoms with van der Waals surface area (Å²) in [7, 11) is 1.63. The predicted octanol–water partition coefficient (Wildman–Crippen LogP) is 4.71. The van der Waals surface area contributed by atoms with E-state index < -0.39 is 5.97 Å². The Labute approximate surface area is 175 Å². The Morgan fingerprint density at radius 3 is 2.40 bits per heavy atom. The molecule has 2 aromatic carbocycles. The third-order valence-electron chi connectivity index (χ3n) is 4.58. The van der Waals surface area contributed by atoms with E-state index in [2.05, 4.69) is 0 Å². The molecule has 0 aliphatic rings. The van der Waals surface area contributed by atoms with Crippen molar-refractivity contribution in [2.75, 3.05) is 7.11 Å². The van der Waals surface area contributed by atoms with Crippen LogP contribution >= 0.6 is 0 Å². The molecule has 0 aliphatic heterocycles. The van der Waals surface area contributed by atoms with Gasteiger partial charge in [-0.25, -0.2) is 4.79 Å². The molecule has 0 fully saturated rings. The van der Waals surface area contributed by atoms with Gasteiger partial charge < -0.3 is 18.6 Å². The largest absolute Gasteiger partial charge is 0.497 e. The average molecular weight is 408 g/mol. The zero-order chi connectivity index (χ0) is 21.2. The number of carbonyl (C=O) groups is 2. The summed E-state index contributed by atoms with van der Waals surface area (Å²) in [5.74, 6) is 0.555. The summed E-state index contributed by atoms with van der Waals surface area (Å²) in [6.45, 7) is 0.0567. The van der Waals surface area contributed by atoms with Crippen molar-refractivity contribution in [3.63, 3.8) is 0 Å². The summed E-state index contributed by atoms with van der Waals surface area (Å²) in [5, 5.41) is 0. The molecule has 1 heterocycles. The minimum absolute atomic E-state index is 0.0227. The van der Waals surface area contributed by atoms with Crippen molar-refractivity contribution in [3.05, 3.63) is 89.4 Å². The number of furan rings is 1. The maximum atomic E-state index is 12.0. The number of aryl methyl sites for hydroxylation is 1. The van der Waals surface area contributed by atoms with E-state index in [9.17, 15) is 9.59 Å². The number of esters is 2. The number of ether oxygens (including phenoxy) is 3. The maximum Gasteiger partial charge on any atom is 0.338 e. The van der Waals surface area contributed by atoms with E-state index in [1.54, 1.807) is 37.4 Å². The highest BCUT2D eigenvalue weighted by Gasteiger charge is 2.13. The van der Waals surface area contributed by atoms with Gasteiger partial charge in [0.15, 0.2) is 0 Å². The second kappa shape index (κ2) is 10.9. The van der Waals surface area contributed by atoms with E-state index in [0.29, 0.717) is 29.7 Å². The summed E-state index contributed by atoms with van der Waals surface area (Å²) in [5.41, 5.74) is 2.29. The molecule has 6 heteroatoms. The predicted molar refractivity (Wildman–Crippen MR) is 110 cm³/mol. The molecule has 0 saturated heterocycles. The van der Waals surface area contributed by atoms with Gasteiger partial charge in [0.05, 0.1) is 18.9 Å². The second-order valence-corrected chi connectivity index (χ2v) is 6.67. The Morgan fingerprint density at radius 1 is 0.900 bits per heavy atom. The minimum atomic E-state index is -0.437. The Hall–Kier alpha value is -3.54. The highest BCUT2D eigenvalue weighted by atomic mass is 16.5. The van der Waals surface area contributed by atoms with Crippen LogP contribution in [0.3, 0.4) is 0 Å². The number of rotatable bonds is 10. The Morgan fingerprint density at radius 2 is 1.67 bits per heavy atom. The van der Waals surface area contributed by atoms with E-state index in [0.717, 1.165) is 17.7 Å². The third-order valence-corrected chi connectivity index (χ3v) is 4.58. The highest BCUT2D eigenvalue weighted by molar-refractivity contribution is 5.89. The molecule has 6 nitrogen and oxygen atoms in total. The molecule has 0 atom stereocenters. The van der Waals surface area contributed by atoms with Crippen LogP contribution in [0.4, 0.5) is 0 Å². The first-order valence-electron chi connectivity index (χ1n) is 9.71. The first-order valence-corrected chi connectivity index (χ1v) is 9.71. The van der Waals surface area contributed by atoms with Gasteiger partial charge in [0.2, 0.25) is 0 Å². The van der Waals surface area contributed by atoms with Gasteiger partial charge >= 0.3 is 11.9 Å². The van der Waals surface area contributed by atoms with Gasteiger partial charge in [0.1, 0.15) is 24.7 Å². The quantitative estimate of drug-likeness (QED) is 0.452. The lowest BCUT2D eigenvalue weighted by Crippen LogP contribution is -2.08. The standard InChI is InChI=1S/C24H24O6/c1-27-21-12-10-18(11-13-21)6-5-9-23(25)29-16-20-14-15-28-22(20)17-30-24(26)19-7-3-2-4-8-19/h2-4,7-8,10-15H,5-6,9,16-17H2,1H3. The average Bonchev–Trinajstić information content (AvgIpc) is 3.24. The van der Waals surface area contributed by atoms with Crippen molar-refractivity contribution in [1.29, 1.82) is 0 Å². The van der Waals surface area contributed by atoms with Crippen molar-refractivity contribution in [3.8, 4) is 5.75 Å². The molecule has 0 bridgehead atoms. The van der Waals surface area contributed by atoms with Crippen molar-refractivity contribution in [2.24, 2.45) is 0 Å². The molecular formula is C24H24O6. The van der Waals surface area contributed by atoms with E-state index >= 15 is 0 Å². The molecule has 0 saturated carbocycles. The van der Waals surface area contributed by atoms with Gasteiger partial charge in [-0.1, -0.05) is 30.3 Å². The summed E-state index contributed by atoms with van der Waals surface area (Å²) in [6.07, 6.45) is 3.28. The van der Waals surface area contributed by atoms with Crippen molar-refractivity contribution >= 4 is 11.9 Å². The van der Waals surface area contributed by atoms with Gasteiger partial charge in [-0.2, -0.15) is 0 Å². The van der Waals surface area contributed by atoms with Gasteiger partial charge in [0, 0.05) is 12.0 Å². The second-order valence-electron chi connectivity index (χ2n) is 6.67. The summed E-state index contributed by atoms with van der Waals surface area (Å²) in [4.78, 5) is 24.1. The molecule has 3 rings (SSSR count). The number of carbonyl (C=O) groups excluding carboxylic acids is 2. The fourth-order valence-electron chi connectivity index (χ4n) is 2.87. The van der Waals surface area contributed by atoms with Crippen LogP contribution in [-0.2, 0) is 33.9 Å². The first-order chi connectivity index (χ1) is 14.7. The van der Waals surface area contributed by atoms with Crippen LogP contribution in [0.25, 0.3) is 0 Å². The van der Waals surface area contributed by atoms with Gasteiger partial charge in [-0.05, 0) is 48.7 Å². The molecule has 0 amide bonds. The third kappa shape index (κ3) is 6.24. The Bertz CT molecular complexity index is 943. The van der Waals surface area contributed by atoms with Crippen LogP contribution in [0.15, 0.2) is 71.3 Å². The Balaban J connectivity index is 1.39. The van der Waals surface area contributed by atoms with Gasteiger partial charge in [0.25, 0.3) is 0 Å². The van der Waals surface area contributed by atoms with Crippen LogP contribution < -0.4 is 4.74 Å². The van der Waals surface area contributed by atoms with Crippen molar-refractivity contribution in [1.82, 2.24) is 0 Å². The van der Waals surface area contributed by atoms with Crippen LogP contribution in [0.5, 0.6) is 5.75 Å². The van der Waals surface area contributed by atoms with E-state index in [1.807, 2.05) is 30.3 Å². The van der Waals surface area contributed by atoms with E-state index in [-0.39, 0.29) is 19.2 Å². The number of methoxy groups -OCH3 is 1. The number of hydrogen-bond donors (Lipinski definition) is 0. The van der Waals surface area contributed by atoms with Gasteiger partial charge in [-0.3, -0.25) is 4.79 Å². The molecule has 0 N–H and O–H groups in total. The lowest BCUT2D eigenvalue weighted by atomic mass is 10.1. The van der Waals surface area contributed by atoms with E-state index in [4.69, 9.17) is 18.6 Å². The van der Waals surface area contributed by atoms with Crippen LogP contribution in [-0.4, -0.2) is 19.0 Å². The molecule has 3 aromatic rings. The monoisotopic (exact) mass is 408 g/mol. The molecule has 30 heavy (non-hydrogen) atoms. The molecule has 0 radical (unpaired) electrons. The normalized spacial score (nSPS) is 10.4. The van der Waals surface area contributed by atoms with E-state index in [1.165, 1.54) is 6.26 Å². The highest BCUT2D eigenvalue weighted by Crippen LogP contribution is 2.16. The number of benzene rings is 2. The smallest absolute Gasteiger partial charge is 0.338 e. The topological polar surface area (TPSA) is 75.0 Å². The lowest BCUT2D eigenvalue weighted by Gasteiger charge is -2.07. The summed E-state index contributed by atoms with van der Waals surface area (Å²) >= 11 is 0. The van der Waals surface area contributed by atoms with Crippen LogP contribution in [0.1, 0.15) is 40.1 Å². The zero-order valence-corrected chi connectivity index (χ0v) is 16.8. The maximum absolute atomic E-state index is 12.0. The molecule has 0 aliphatic carbocycles. The van der Waals surface area contributed by atoms with Crippen molar-refractivity contribution in [2.45, 2.75) is 32.5 Å². The van der Waals surface area contributed by atoms with Gasteiger partial charge in [-0.15, -0.1) is 0 Å². The van der Waals surface area contributed by atoms with Crippen LogP contribution in [0, 0.1) is 0 Å². The summed E-state index contributed by atoms with van der Waals surface area (Å²) < 4.78 is 21.1. The molecular weight excluding hydrogens is 384 g/mol. The lowest BCUT2D eigenvalue weighted by molar-refractivity contribution is -0.145. The minimum Gasteiger partial charge on any atom is -0.497 e. The SMILES string of the molecule is COc1ccc(CCCC(=O)OCc2ccoc2COC(=O)c2ccccc2)cc1. The first kappa shape index (κ1) is 21.2. The summed E-state index contributed by atoms with van der Waals surface area (Å²) in [6, 6.07) is 18.2. The molecule has 156 valence electrons. The molecule has 0 unspecified atom stereocenters. The molecule has 1 aromatic heterocycles. The Kier molecular flexibility index (Phi) is 7.66. The fraction of sp³-hybridized carbons (Fsp3) is 0.250. The fourth-order valence-corrected chi connectivity index (χ4v) is 2.87. The van der Waals surface area contributed by atoms with Crippen molar-refractivity contribution < 1.29 is 28.2 Å². The van der Waals surface area contributed by atoms with Crippen LogP contribution in [0.2, 0.25) is 0 Å². The number of hydrogen-bond acceptors (Lipinski definition) is 6. The molecule has 0 spiro atoms.